The van der Waals surface area contributed by atoms with Gasteiger partial charge in [-0.2, -0.15) is 0 Å². The molecular formula is C25H36N4O2. The number of nitrogens with two attached hydrogens (primary N) is 1. The van der Waals surface area contributed by atoms with Gasteiger partial charge in [-0.3, -0.25) is 4.79 Å². The van der Waals surface area contributed by atoms with E-state index in [2.05, 4.69) is 24.5 Å². The summed E-state index contributed by atoms with van der Waals surface area (Å²) < 4.78 is 0. The fraction of sp³-hybridized carbons (Fsp3) is 0.680. The Bertz CT molecular complexity index is 856. The molecule has 2 unspecified atom stereocenters. The maximum absolute atomic E-state index is 12.9. The molecule has 168 valence electrons. The maximum Gasteiger partial charge on any atom is 0.319 e. The number of benzene rings is 1. The number of nitrogens with zero attached hydrogens (tertiary/aromatic N) is 1. The Hall–Kier alpha value is -2.08. The summed E-state index contributed by atoms with van der Waals surface area (Å²) in [4.78, 5) is 27.5. The molecule has 0 radical (unpaired) electrons. The average molecular weight is 425 g/mol. The average Bonchev–Trinajstić information content (AvgIpc) is 2.65. The molecule has 0 spiro atoms. The van der Waals surface area contributed by atoms with E-state index in [1.807, 2.05) is 17.0 Å². The predicted octanol–water partition coefficient (Wildman–Crippen LogP) is 4.12. The topological polar surface area (TPSA) is 87.5 Å². The lowest BCUT2D eigenvalue weighted by molar-refractivity contribution is -0.113. The molecule has 4 N–H and O–H groups in total. The zero-order chi connectivity index (χ0) is 21.9. The van der Waals surface area contributed by atoms with Gasteiger partial charge in [0, 0.05) is 35.9 Å². The number of carbonyl (C=O) groups is 2. The van der Waals surface area contributed by atoms with Crippen LogP contribution in [0.5, 0.6) is 0 Å². The van der Waals surface area contributed by atoms with Crippen molar-refractivity contribution in [3.8, 4) is 0 Å². The van der Waals surface area contributed by atoms with Gasteiger partial charge in [0.2, 0.25) is 0 Å². The normalized spacial score (nSPS) is 37.0. The van der Waals surface area contributed by atoms with Gasteiger partial charge < -0.3 is 21.3 Å². The minimum absolute atomic E-state index is 0.0398. The Morgan fingerprint density at radius 2 is 1.58 bits per heavy atom. The van der Waals surface area contributed by atoms with Crippen LogP contribution in [0.3, 0.4) is 0 Å². The summed E-state index contributed by atoms with van der Waals surface area (Å²) in [7, 11) is 0. The van der Waals surface area contributed by atoms with E-state index in [1.54, 1.807) is 12.1 Å². The molecule has 1 aromatic carbocycles. The molecule has 4 atom stereocenters. The van der Waals surface area contributed by atoms with Crippen molar-refractivity contribution in [1.82, 2.24) is 10.2 Å². The van der Waals surface area contributed by atoms with Gasteiger partial charge >= 0.3 is 6.03 Å². The van der Waals surface area contributed by atoms with Crippen molar-refractivity contribution in [3.05, 3.63) is 29.8 Å². The first-order valence-corrected chi connectivity index (χ1v) is 11.9. The van der Waals surface area contributed by atoms with E-state index in [0.29, 0.717) is 29.5 Å². The molecule has 0 aromatic heterocycles. The molecule has 1 heterocycles. The lowest BCUT2D eigenvalue weighted by atomic mass is 9.43. The quantitative estimate of drug-likeness (QED) is 0.682. The summed E-state index contributed by atoms with van der Waals surface area (Å²) in [5.41, 5.74) is 7.97. The summed E-state index contributed by atoms with van der Waals surface area (Å²) in [6.45, 7) is 6.25. The van der Waals surface area contributed by atoms with Gasteiger partial charge in [-0.15, -0.1) is 0 Å². The third-order valence-electron chi connectivity index (χ3n) is 8.22. The highest BCUT2D eigenvalue weighted by Gasteiger charge is 2.60. The van der Waals surface area contributed by atoms with Gasteiger partial charge in [0.25, 0.3) is 5.91 Å². The van der Waals surface area contributed by atoms with Crippen LogP contribution in [0, 0.1) is 16.7 Å². The van der Waals surface area contributed by atoms with E-state index in [9.17, 15) is 9.59 Å². The van der Waals surface area contributed by atoms with E-state index < -0.39 is 0 Å². The second-order valence-corrected chi connectivity index (χ2v) is 11.7. The first kappa shape index (κ1) is 20.8. The van der Waals surface area contributed by atoms with Crippen LogP contribution in [0.25, 0.3) is 0 Å². The Kier molecular flexibility index (Phi) is 4.85. The fourth-order valence-electron chi connectivity index (χ4n) is 7.97. The number of hydrogen-bond acceptors (Lipinski definition) is 3. The summed E-state index contributed by atoms with van der Waals surface area (Å²) in [6, 6.07) is 7.33. The molecule has 4 aliphatic carbocycles. The zero-order valence-corrected chi connectivity index (χ0v) is 18.9. The van der Waals surface area contributed by atoms with Crippen LogP contribution in [-0.2, 0) is 0 Å². The van der Waals surface area contributed by atoms with Crippen LogP contribution in [0.15, 0.2) is 24.3 Å². The number of hydrogen-bond donors (Lipinski definition) is 3. The van der Waals surface area contributed by atoms with Gasteiger partial charge in [-0.1, -0.05) is 13.8 Å². The second kappa shape index (κ2) is 7.22. The molecule has 31 heavy (non-hydrogen) atoms. The van der Waals surface area contributed by atoms with Crippen molar-refractivity contribution in [2.45, 2.75) is 76.8 Å². The van der Waals surface area contributed by atoms with Crippen molar-refractivity contribution >= 4 is 17.6 Å². The highest BCUT2D eigenvalue weighted by atomic mass is 16.2. The first-order valence-electron chi connectivity index (χ1n) is 11.9. The molecule has 6 heteroatoms. The molecule has 3 amide bonds. The summed E-state index contributed by atoms with van der Waals surface area (Å²) in [5.74, 6) is 0.777. The zero-order valence-electron chi connectivity index (χ0n) is 18.9. The lowest BCUT2D eigenvalue weighted by Crippen LogP contribution is -2.65. The number of urea groups is 1. The summed E-state index contributed by atoms with van der Waals surface area (Å²) >= 11 is 0. The number of amides is 3. The number of likely N-dealkylation sites (tertiary alicyclic amines) is 1. The van der Waals surface area contributed by atoms with Crippen LogP contribution in [0.4, 0.5) is 10.5 Å². The molecule has 6 nitrogen and oxygen atoms in total. The van der Waals surface area contributed by atoms with E-state index in [-0.39, 0.29) is 23.5 Å². The number of carbonyl (C=O) groups excluding carboxylic acids is 2. The van der Waals surface area contributed by atoms with Crippen LogP contribution in [-0.4, -0.2) is 41.5 Å². The summed E-state index contributed by atoms with van der Waals surface area (Å²) in [5, 5.41) is 6.38. The molecule has 5 aliphatic rings. The monoisotopic (exact) mass is 424 g/mol. The Labute approximate surface area is 185 Å². The van der Waals surface area contributed by atoms with Crippen LogP contribution < -0.4 is 16.4 Å². The second-order valence-electron chi connectivity index (χ2n) is 11.7. The van der Waals surface area contributed by atoms with Crippen molar-refractivity contribution in [2.24, 2.45) is 22.5 Å². The van der Waals surface area contributed by atoms with E-state index in [0.717, 1.165) is 43.7 Å². The van der Waals surface area contributed by atoms with Crippen molar-refractivity contribution in [2.75, 3.05) is 18.4 Å². The van der Waals surface area contributed by atoms with Gasteiger partial charge in [-0.25, -0.2) is 4.79 Å². The van der Waals surface area contributed by atoms with Crippen LogP contribution >= 0.6 is 0 Å². The summed E-state index contributed by atoms with van der Waals surface area (Å²) in [6.07, 6.45) is 8.91. The Morgan fingerprint density at radius 3 is 2.16 bits per heavy atom. The van der Waals surface area contributed by atoms with Gasteiger partial charge in [0.1, 0.15) is 0 Å². The number of piperidine rings is 1. The molecule has 4 bridgehead atoms. The van der Waals surface area contributed by atoms with E-state index in [4.69, 9.17) is 5.73 Å². The Balaban J connectivity index is 1.21. The van der Waals surface area contributed by atoms with Gasteiger partial charge in [-0.05, 0) is 92.4 Å². The van der Waals surface area contributed by atoms with Crippen molar-refractivity contribution in [1.29, 1.82) is 0 Å². The molecule has 5 fully saturated rings. The largest absolute Gasteiger partial charge is 0.339 e. The number of anilines is 1. The lowest BCUT2D eigenvalue weighted by Gasteiger charge is -2.65. The number of nitrogens with one attached hydrogen (secondary N) is 2. The van der Waals surface area contributed by atoms with Crippen molar-refractivity contribution in [3.63, 3.8) is 0 Å². The number of rotatable bonds is 3. The fourth-order valence-corrected chi connectivity index (χ4v) is 7.97. The molecular weight excluding hydrogens is 388 g/mol. The smallest absolute Gasteiger partial charge is 0.319 e. The maximum atomic E-state index is 12.9. The molecule has 1 saturated heterocycles. The third-order valence-corrected chi connectivity index (χ3v) is 8.22. The van der Waals surface area contributed by atoms with Crippen LogP contribution in [0.1, 0.15) is 75.6 Å². The standard InChI is InChI=1S/C25H36N4O2/c1-23-11-17-12-24(2,14-23)16-25(13-17,15-23)28-22(31)27-20-5-3-18(4-6-20)21(30)29-9-7-19(26)8-10-29/h3-6,17,19H,7-16,26H2,1-2H3,(H2,27,28,31)/t17?,23-,24+,25?. The van der Waals surface area contributed by atoms with Crippen molar-refractivity contribution < 1.29 is 9.59 Å². The Morgan fingerprint density at radius 1 is 0.968 bits per heavy atom. The van der Waals surface area contributed by atoms with Gasteiger partial charge in [0.15, 0.2) is 0 Å². The van der Waals surface area contributed by atoms with E-state index >= 15 is 0 Å². The first-order chi connectivity index (χ1) is 14.6. The molecule has 1 aliphatic heterocycles. The molecule has 4 saturated carbocycles. The minimum Gasteiger partial charge on any atom is -0.339 e. The molecule has 6 rings (SSSR count). The highest BCUT2D eigenvalue weighted by molar-refractivity contribution is 5.95. The van der Waals surface area contributed by atoms with E-state index in [1.165, 1.54) is 19.3 Å². The molecule has 1 aromatic rings. The predicted molar refractivity (Wildman–Crippen MR) is 122 cm³/mol. The third kappa shape index (κ3) is 4.07. The van der Waals surface area contributed by atoms with Gasteiger partial charge in [0.05, 0.1) is 0 Å². The SMILES string of the molecule is C[C@]12CC3CC(NC(=O)Nc4ccc(C(=O)N5CCC(N)CC5)cc4)(C1)C[C@@](C)(C3)C2. The minimum atomic E-state index is -0.127. The van der Waals surface area contributed by atoms with Crippen LogP contribution in [0.2, 0.25) is 0 Å². The highest BCUT2D eigenvalue weighted by Crippen LogP contribution is 2.66.